The molecule has 5 nitrogen and oxygen atoms in total. The van der Waals surface area contributed by atoms with Crippen molar-refractivity contribution >= 4 is 17.6 Å². The highest BCUT2D eigenvalue weighted by atomic mass is 16.5. The number of esters is 1. The number of amides is 1. The number of hydrogen-bond acceptors (Lipinski definition) is 4. The summed E-state index contributed by atoms with van der Waals surface area (Å²) in [4.78, 5) is 23.9. The first-order valence-electron chi connectivity index (χ1n) is 8.89. The Hall–Kier alpha value is -2.82. The lowest BCUT2D eigenvalue weighted by Crippen LogP contribution is -2.21. The van der Waals surface area contributed by atoms with E-state index in [0.29, 0.717) is 17.9 Å². The molecule has 0 unspecified atom stereocenters. The normalized spacial score (nSPS) is 10.3. The molecule has 0 aliphatic heterocycles. The highest BCUT2D eigenvalue weighted by Gasteiger charge is 2.11. The third kappa shape index (κ3) is 5.09. The third-order valence-corrected chi connectivity index (χ3v) is 4.00. The van der Waals surface area contributed by atoms with Crippen molar-refractivity contribution in [3.63, 3.8) is 0 Å². The number of carbonyl (C=O) groups is 2. The van der Waals surface area contributed by atoms with Crippen LogP contribution in [0.2, 0.25) is 0 Å². The summed E-state index contributed by atoms with van der Waals surface area (Å²) in [7, 11) is 0. The van der Waals surface area contributed by atoms with Crippen molar-refractivity contribution in [3.8, 4) is 5.75 Å². The summed E-state index contributed by atoms with van der Waals surface area (Å²) in [6.45, 7) is 6.11. The van der Waals surface area contributed by atoms with Crippen molar-refractivity contribution < 1.29 is 19.1 Å². The first-order chi connectivity index (χ1) is 12.6. The smallest absolute Gasteiger partial charge is 0.338 e. The molecule has 2 aromatic rings. The lowest BCUT2D eigenvalue weighted by Gasteiger charge is -2.14. The van der Waals surface area contributed by atoms with Crippen LogP contribution in [0.15, 0.2) is 42.5 Å². The number of anilines is 1. The molecule has 0 saturated carbocycles. The van der Waals surface area contributed by atoms with Crippen LogP contribution in [0.5, 0.6) is 5.75 Å². The van der Waals surface area contributed by atoms with E-state index < -0.39 is 0 Å². The second kappa shape index (κ2) is 9.61. The third-order valence-electron chi connectivity index (χ3n) is 4.00. The van der Waals surface area contributed by atoms with E-state index in [-0.39, 0.29) is 18.5 Å². The maximum Gasteiger partial charge on any atom is 0.338 e. The summed E-state index contributed by atoms with van der Waals surface area (Å²) < 4.78 is 10.4. The fourth-order valence-corrected chi connectivity index (χ4v) is 2.63. The summed E-state index contributed by atoms with van der Waals surface area (Å²) in [5, 5.41) is 2.96. The molecule has 0 heterocycles. The van der Waals surface area contributed by atoms with Crippen molar-refractivity contribution in [3.05, 3.63) is 59.2 Å². The van der Waals surface area contributed by atoms with E-state index in [1.165, 1.54) is 0 Å². The van der Waals surface area contributed by atoms with E-state index in [1.54, 1.807) is 31.2 Å². The van der Waals surface area contributed by atoms with Gasteiger partial charge in [-0.05, 0) is 55.2 Å². The highest BCUT2D eigenvalue weighted by molar-refractivity contribution is 5.93. The van der Waals surface area contributed by atoms with Crippen LogP contribution < -0.4 is 10.1 Å². The average molecular weight is 355 g/mol. The molecule has 0 aromatic heterocycles. The van der Waals surface area contributed by atoms with Gasteiger partial charge in [0.2, 0.25) is 0 Å². The van der Waals surface area contributed by atoms with Crippen LogP contribution >= 0.6 is 0 Å². The number of nitrogens with one attached hydrogen (secondary N) is 1. The lowest BCUT2D eigenvalue weighted by molar-refractivity contribution is -0.118. The average Bonchev–Trinajstić information content (AvgIpc) is 2.67. The first kappa shape index (κ1) is 19.5. The molecular formula is C21H25NO4. The molecule has 26 heavy (non-hydrogen) atoms. The molecule has 0 aliphatic rings. The van der Waals surface area contributed by atoms with E-state index in [4.69, 9.17) is 9.47 Å². The summed E-state index contributed by atoms with van der Waals surface area (Å²) in [5.74, 6) is -0.0668. The van der Waals surface area contributed by atoms with Gasteiger partial charge in [-0.1, -0.05) is 32.0 Å². The standard InChI is InChI=1S/C21H25NO4/c1-4-15-8-7-9-16(5-2)20(15)22-19(23)14-26-18-12-10-17(11-13-18)21(24)25-6-3/h7-13H,4-6,14H2,1-3H3,(H,22,23). The molecule has 2 rings (SSSR count). The predicted molar refractivity (Wildman–Crippen MR) is 102 cm³/mol. The van der Waals surface area contributed by atoms with Crippen LogP contribution in [0.3, 0.4) is 0 Å². The number of para-hydroxylation sites is 1. The minimum Gasteiger partial charge on any atom is -0.484 e. The SMILES string of the molecule is CCOC(=O)c1ccc(OCC(=O)Nc2c(CC)cccc2CC)cc1. The van der Waals surface area contributed by atoms with Gasteiger partial charge >= 0.3 is 5.97 Å². The Kier molecular flexibility index (Phi) is 7.21. The van der Waals surface area contributed by atoms with E-state index in [2.05, 4.69) is 19.2 Å². The summed E-state index contributed by atoms with van der Waals surface area (Å²) >= 11 is 0. The Balaban J connectivity index is 1.96. The zero-order valence-corrected chi connectivity index (χ0v) is 15.5. The molecule has 0 bridgehead atoms. The molecule has 0 spiro atoms. The van der Waals surface area contributed by atoms with Crippen LogP contribution in [0.1, 0.15) is 42.3 Å². The maximum absolute atomic E-state index is 12.3. The fourth-order valence-electron chi connectivity index (χ4n) is 2.63. The summed E-state index contributed by atoms with van der Waals surface area (Å²) in [5.41, 5.74) is 3.55. The number of benzene rings is 2. The highest BCUT2D eigenvalue weighted by Crippen LogP contribution is 2.22. The molecule has 0 aliphatic carbocycles. The van der Waals surface area contributed by atoms with Gasteiger partial charge in [0.1, 0.15) is 5.75 Å². The fraction of sp³-hybridized carbons (Fsp3) is 0.333. The maximum atomic E-state index is 12.3. The zero-order valence-electron chi connectivity index (χ0n) is 15.5. The molecule has 0 radical (unpaired) electrons. The number of ether oxygens (including phenoxy) is 2. The van der Waals surface area contributed by atoms with Gasteiger partial charge in [-0.3, -0.25) is 4.79 Å². The first-order valence-corrected chi connectivity index (χ1v) is 8.89. The van der Waals surface area contributed by atoms with E-state index >= 15 is 0 Å². The second-order valence-electron chi connectivity index (χ2n) is 5.74. The van der Waals surface area contributed by atoms with Gasteiger partial charge in [-0.25, -0.2) is 4.79 Å². The molecule has 1 amide bonds. The molecule has 1 N–H and O–H groups in total. The van der Waals surface area contributed by atoms with Gasteiger partial charge in [0.05, 0.1) is 12.2 Å². The van der Waals surface area contributed by atoms with Crippen LogP contribution in [0, 0.1) is 0 Å². The monoisotopic (exact) mass is 355 g/mol. The molecular weight excluding hydrogens is 330 g/mol. The molecule has 5 heteroatoms. The zero-order chi connectivity index (χ0) is 18.9. The Morgan fingerprint density at radius 1 is 0.923 bits per heavy atom. The molecule has 138 valence electrons. The minimum absolute atomic E-state index is 0.0973. The van der Waals surface area contributed by atoms with E-state index in [1.807, 2.05) is 18.2 Å². The lowest BCUT2D eigenvalue weighted by atomic mass is 10.0. The Morgan fingerprint density at radius 3 is 2.08 bits per heavy atom. The van der Waals surface area contributed by atoms with Gasteiger partial charge in [-0.2, -0.15) is 0 Å². The largest absolute Gasteiger partial charge is 0.484 e. The quantitative estimate of drug-likeness (QED) is 0.727. The molecule has 0 atom stereocenters. The number of hydrogen-bond donors (Lipinski definition) is 1. The van der Waals surface area contributed by atoms with Crippen LogP contribution in [0.4, 0.5) is 5.69 Å². The summed E-state index contributed by atoms with van der Waals surface area (Å²) in [6, 6.07) is 12.6. The van der Waals surface area contributed by atoms with Gasteiger partial charge in [-0.15, -0.1) is 0 Å². The molecule has 2 aromatic carbocycles. The number of carbonyl (C=O) groups excluding carboxylic acids is 2. The Labute approximate surface area is 154 Å². The Morgan fingerprint density at radius 2 is 1.54 bits per heavy atom. The van der Waals surface area contributed by atoms with E-state index in [0.717, 1.165) is 29.7 Å². The summed E-state index contributed by atoms with van der Waals surface area (Å²) in [6.07, 6.45) is 1.69. The van der Waals surface area contributed by atoms with Gasteiger partial charge in [0.15, 0.2) is 6.61 Å². The van der Waals surface area contributed by atoms with Gasteiger partial charge in [0, 0.05) is 5.69 Å². The van der Waals surface area contributed by atoms with Gasteiger partial charge in [0.25, 0.3) is 5.91 Å². The second-order valence-corrected chi connectivity index (χ2v) is 5.74. The number of aryl methyl sites for hydroxylation is 2. The van der Waals surface area contributed by atoms with Crippen molar-refractivity contribution in [2.75, 3.05) is 18.5 Å². The van der Waals surface area contributed by atoms with Crippen molar-refractivity contribution in [2.45, 2.75) is 33.6 Å². The van der Waals surface area contributed by atoms with Crippen molar-refractivity contribution in [1.29, 1.82) is 0 Å². The van der Waals surface area contributed by atoms with Crippen LogP contribution in [-0.4, -0.2) is 25.1 Å². The predicted octanol–water partition coefficient (Wildman–Crippen LogP) is 4.01. The van der Waals surface area contributed by atoms with Crippen LogP contribution in [-0.2, 0) is 22.4 Å². The number of rotatable bonds is 8. The van der Waals surface area contributed by atoms with Crippen molar-refractivity contribution in [2.24, 2.45) is 0 Å². The van der Waals surface area contributed by atoms with Crippen molar-refractivity contribution in [1.82, 2.24) is 0 Å². The van der Waals surface area contributed by atoms with Crippen LogP contribution in [0.25, 0.3) is 0 Å². The molecule has 0 fully saturated rings. The Bertz CT molecular complexity index is 731. The molecule has 0 saturated heterocycles. The topological polar surface area (TPSA) is 64.6 Å². The van der Waals surface area contributed by atoms with E-state index in [9.17, 15) is 9.59 Å². The minimum atomic E-state index is -0.375. The van der Waals surface area contributed by atoms with Gasteiger partial charge < -0.3 is 14.8 Å².